The van der Waals surface area contributed by atoms with Crippen LogP contribution in [0.1, 0.15) is 47.6 Å². The molecule has 0 unspecified atom stereocenters. The van der Waals surface area contributed by atoms with Gasteiger partial charge in [-0.2, -0.15) is 0 Å². The van der Waals surface area contributed by atoms with Crippen LogP contribution in [0, 0.1) is 0 Å². The number of phenolic OH excluding ortho intramolecular Hbond substituents is 1. The quantitative estimate of drug-likeness (QED) is 0.0743. The molecule has 4 aliphatic rings. The van der Waals surface area contributed by atoms with E-state index in [1.807, 2.05) is 130 Å². The summed E-state index contributed by atoms with van der Waals surface area (Å²) in [4.78, 5) is 38.5. The first-order chi connectivity index (χ1) is 35.9. The number of hydrogen-bond acceptors (Lipinski definition) is 17. The first-order valence-electron chi connectivity index (χ1n) is 24.0. The molecule has 0 bridgehead atoms. The maximum absolute atomic E-state index is 9.66. The van der Waals surface area contributed by atoms with Crippen LogP contribution in [0.3, 0.4) is 0 Å². The average molecular weight is 1080 g/mol. The minimum Gasteiger partial charge on any atom is -0.508 e. The summed E-state index contributed by atoms with van der Waals surface area (Å²) >= 11 is 11.7. The number of aromatic nitrogens is 8. The minimum absolute atomic E-state index is 0. The number of ether oxygens (including phenoxy) is 7. The van der Waals surface area contributed by atoms with Gasteiger partial charge in [0.15, 0.2) is 35.7 Å². The molecule has 76 heavy (non-hydrogen) atoms. The normalized spacial score (nSPS) is 24.1. The van der Waals surface area contributed by atoms with Crippen molar-refractivity contribution < 1.29 is 43.4 Å². The van der Waals surface area contributed by atoms with Crippen LogP contribution in [-0.2, 0) is 28.4 Å². The van der Waals surface area contributed by atoms with Crippen LogP contribution in [0.2, 0.25) is 10.3 Å². The highest BCUT2D eigenvalue weighted by Gasteiger charge is 2.57. The van der Waals surface area contributed by atoms with E-state index >= 15 is 0 Å². The molecule has 0 aliphatic carbocycles. The van der Waals surface area contributed by atoms with E-state index in [2.05, 4.69) is 39.9 Å². The molecule has 12 rings (SSSR count). The second-order valence-corrected chi connectivity index (χ2v) is 20.3. The lowest BCUT2D eigenvalue weighted by Crippen LogP contribution is -2.33. The molecule has 23 heteroatoms. The van der Waals surface area contributed by atoms with Gasteiger partial charge >= 0.3 is 0 Å². The largest absolute Gasteiger partial charge is 0.508 e. The van der Waals surface area contributed by atoms with Gasteiger partial charge in [0.25, 0.3) is 0 Å². The van der Waals surface area contributed by atoms with Crippen LogP contribution in [0.15, 0.2) is 108 Å². The van der Waals surface area contributed by atoms with Crippen LogP contribution in [-0.4, -0.2) is 161 Å². The van der Waals surface area contributed by atoms with Gasteiger partial charge in [-0.15, -0.1) is 0 Å². The highest BCUT2D eigenvalue weighted by Crippen LogP contribution is 2.46. The molecule has 8 atom stereocenters. The van der Waals surface area contributed by atoms with Crippen molar-refractivity contribution in [1.82, 2.24) is 48.8 Å². The second kappa shape index (κ2) is 22.1. The van der Waals surface area contributed by atoms with E-state index in [1.165, 1.54) is 12.7 Å². The van der Waals surface area contributed by atoms with Gasteiger partial charge in [0.05, 0.1) is 41.1 Å². The number of fused-ring (bicyclic) bond motifs is 6. The first-order valence-corrected chi connectivity index (χ1v) is 24.8. The number of halogens is 2. The zero-order chi connectivity index (χ0) is 52.8. The monoisotopic (exact) mass is 1080 g/mol. The molecule has 10 heterocycles. The summed E-state index contributed by atoms with van der Waals surface area (Å²) in [5, 5.41) is 23.3. The van der Waals surface area contributed by atoms with Gasteiger partial charge in [-0.25, -0.2) is 39.9 Å². The Morgan fingerprint density at radius 1 is 0.632 bits per heavy atom. The van der Waals surface area contributed by atoms with Crippen LogP contribution in [0.5, 0.6) is 11.5 Å². The Bertz CT molecular complexity index is 3370. The Balaban J connectivity index is 0.000000156. The van der Waals surface area contributed by atoms with E-state index in [-0.39, 0.29) is 56.9 Å². The van der Waals surface area contributed by atoms with Crippen LogP contribution < -0.4 is 4.74 Å². The summed E-state index contributed by atoms with van der Waals surface area (Å²) in [6, 6.07) is 21.9. The van der Waals surface area contributed by atoms with E-state index < -0.39 is 30.1 Å². The number of aliphatic imine (C=N–C) groups is 2. The predicted octanol–water partition coefficient (Wildman–Crippen LogP) is 8.64. The maximum atomic E-state index is 9.66. The number of phenols is 1. The fraction of sp³-hybridized carbons (Fsp3) is 0.396. The smallest absolute Gasteiger partial charge is 0.166 e. The van der Waals surface area contributed by atoms with Gasteiger partial charge in [-0.1, -0.05) is 30.6 Å². The molecular formula is C53H60Cl2N12O9. The zero-order valence-corrected chi connectivity index (χ0v) is 43.8. The van der Waals surface area contributed by atoms with Gasteiger partial charge in [0.1, 0.15) is 89.0 Å². The molecule has 6 aromatic heterocycles. The molecule has 0 amide bonds. The highest BCUT2D eigenvalue weighted by atomic mass is 35.5. The number of aromatic hydroxyl groups is 1. The van der Waals surface area contributed by atoms with Crippen LogP contribution in [0.25, 0.3) is 43.9 Å². The summed E-state index contributed by atoms with van der Waals surface area (Å²) in [6.45, 7) is 7.67. The van der Waals surface area contributed by atoms with E-state index in [0.717, 1.165) is 27.1 Å². The third-order valence-electron chi connectivity index (χ3n) is 12.5. The summed E-state index contributed by atoms with van der Waals surface area (Å²) in [5.74, 6) is 0.576. The van der Waals surface area contributed by atoms with Gasteiger partial charge in [0, 0.05) is 63.5 Å². The Morgan fingerprint density at radius 2 is 1.09 bits per heavy atom. The average Bonchev–Trinajstić information content (AvgIpc) is 4.26. The van der Waals surface area contributed by atoms with Crippen molar-refractivity contribution in [2.75, 3.05) is 41.4 Å². The molecule has 400 valence electrons. The van der Waals surface area contributed by atoms with Gasteiger partial charge in [-0.05, 0) is 88.4 Å². The lowest BCUT2D eigenvalue weighted by atomic mass is 10.1. The summed E-state index contributed by atoms with van der Waals surface area (Å²) in [6.07, 6.45) is 7.13. The Kier molecular flexibility index (Phi) is 15.8. The number of aliphatic hydroxyl groups is 1. The van der Waals surface area contributed by atoms with E-state index in [9.17, 15) is 5.11 Å². The molecule has 4 fully saturated rings. The molecule has 4 saturated heterocycles. The number of aliphatic hydroxyl groups excluding tert-OH is 1. The number of benzene rings is 2. The van der Waals surface area contributed by atoms with Crippen molar-refractivity contribution in [1.29, 1.82) is 0 Å². The van der Waals surface area contributed by atoms with Crippen molar-refractivity contribution in [2.45, 2.75) is 95.8 Å². The van der Waals surface area contributed by atoms with Crippen molar-refractivity contribution in [2.24, 2.45) is 9.98 Å². The molecule has 2 aromatic carbocycles. The minimum atomic E-state index is -0.752. The SMILES string of the molecule is C.CN(C)C=Nc1ncnc2c1ccn2[C@@H]1O[C@H](CO)[C@H]2OC(C)(C)O[C@H]21.CN(C)C=Nc1ncnc2c1ccn2[C@@H]1O[C@H](COc2ccc3ccc(Cl)nc3c2)[C@H]2OC(C)(C)O[C@H]21.Oc1ccc2ccc(Cl)nc2c1. The van der Waals surface area contributed by atoms with E-state index in [0.29, 0.717) is 44.5 Å². The summed E-state index contributed by atoms with van der Waals surface area (Å²) in [5.41, 5.74) is 2.88. The number of rotatable bonds is 10. The standard InChI is InChI=1S/C26H27ClN6O4.C17H23N5O4.C9H6ClNO.CH4/c1-26(2)36-21-19(12-34-16-7-5-15-6-8-20(27)31-18(15)11-16)35-25(22(21)37-26)33-10-9-17-23(30-14-32(3)4)28-13-29-24(17)33;1-17(2)25-12-11(7-23)24-16(13(12)26-17)22-6-5-10-14(20-9-21(3)4)18-8-19-15(10)22;10-9-4-2-6-1-3-7(12)5-8(6)11-9;/h5-11,13-14,19,21-22,25H,12H2,1-4H3;5-6,8-9,11-13,16,23H,7H2,1-4H3;1-5,12H;1H4/t19-,21-,22-,25-;11-,12-,13-,16-;;/m11../s1. The fourth-order valence-corrected chi connectivity index (χ4v) is 9.65. The van der Waals surface area contributed by atoms with Gasteiger partial charge in [0.2, 0.25) is 0 Å². The van der Waals surface area contributed by atoms with Crippen molar-refractivity contribution in [3.8, 4) is 11.5 Å². The molecule has 8 aromatic rings. The van der Waals surface area contributed by atoms with Gasteiger partial charge in [-0.3, -0.25) is 0 Å². The molecule has 0 radical (unpaired) electrons. The topological polar surface area (TPSA) is 223 Å². The Hall–Kier alpha value is -6.66. The molecule has 4 aliphatic heterocycles. The van der Waals surface area contributed by atoms with E-state index in [1.54, 1.807) is 43.0 Å². The van der Waals surface area contributed by atoms with Crippen LogP contribution >= 0.6 is 23.2 Å². The number of nitrogens with zero attached hydrogens (tertiary/aromatic N) is 12. The van der Waals surface area contributed by atoms with Gasteiger partial charge < -0.3 is 62.3 Å². The lowest BCUT2D eigenvalue weighted by molar-refractivity contribution is -0.199. The zero-order valence-electron chi connectivity index (χ0n) is 42.3. The maximum Gasteiger partial charge on any atom is 0.166 e. The summed E-state index contributed by atoms with van der Waals surface area (Å²) < 4.78 is 47.0. The second-order valence-electron chi connectivity index (χ2n) is 19.5. The molecular weight excluding hydrogens is 1020 g/mol. The molecule has 0 spiro atoms. The first kappa shape index (κ1) is 54.1. The predicted molar refractivity (Wildman–Crippen MR) is 289 cm³/mol. The molecule has 21 nitrogen and oxygen atoms in total. The number of pyridine rings is 2. The molecule has 0 saturated carbocycles. The van der Waals surface area contributed by atoms with Crippen LogP contribution in [0.4, 0.5) is 11.6 Å². The third-order valence-corrected chi connectivity index (χ3v) is 12.9. The summed E-state index contributed by atoms with van der Waals surface area (Å²) in [7, 11) is 7.61. The van der Waals surface area contributed by atoms with Crippen molar-refractivity contribution >= 4 is 91.4 Å². The Morgan fingerprint density at radius 3 is 1.61 bits per heavy atom. The van der Waals surface area contributed by atoms with E-state index in [4.69, 9.17) is 61.5 Å². The van der Waals surface area contributed by atoms with Crippen molar-refractivity contribution in [3.05, 3.63) is 108 Å². The fourth-order valence-electron chi connectivity index (χ4n) is 9.34. The number of hydrogen-bond donors (Lipinski definition) is 2. The highest BCUT2D eigenvalue weighted by molar-refractivity contribution is 6.30. The lowest BCUT2D eigenvalue weighted by Gasteiger charge is -2.25. The third kappa shape index (κ3) is 11.5. The molecule has 2 N–H and O–H groups in total. The Labute approximate surface area is 448 Å². The van der Waals surface area contributed by atoms with Crippen molar-refractivity contribution in [3.63, 3.8) is 0 Å².